The van der Waals surface area contributed by atoms with Crippen LogP contribution in [0.2, 0.25) is 0 Å². The molecule has 0 bridgehead atoms. The Bertz CT molecular complexity index is 1080. The highest BCUT2D eigenvalue weighted by Crippen LogP contribution is 2.33. The molecule has 4 aromatic heterocycles. The first-order valence-corrected chi connectivity index (χ1v) is 7.70. The lowest BCUT2D eigenvalue weighted by atomic mass is 10.2. The molecule has 1 unspecified atom stereocenters. The first-order chi connectivity index (χ1) is 12.9. The normalized spacial score (nSPS) is 13.0. The molecule has 0 aliphatic heterocycles. The summed E-state index contributed by atoms with van der Waals surface area (Å²) in [5.74, 6) is 0.863. The van der Waals surface area contributed by atoms with Crippen molar-refractivity contribution in [3.8, 4) is 5.95 Å². The summed E-state index contributed by atoms with van der Waals surface area (Å²) < 4.78 is 45.2. The smallest absolute Gasteiger partial charge is 0.357 e. The molecule has 0 aromatic carbocycles. The number of hydrogen-bond donors (Lipinski definition) is 1. The van der Waals surface area contributed by atoms with Gasteiger partial charge in [0.1, 0.15) is 6.33 Å². The molecule has 0 aliphatic carbocycles. The van der Waals surface area contributed by atoms with Gasteiger partial charge in [-0.1, -0.05) is 5.16 Å². The predicted molar refractivity (Wildman–Crippen MR) is 85.8 cm³/mol. The van der Waals surface area contributed by atoms with E-state index < -0.39 is 17.8 Å². The maximum atomic E-state index is 12.9. The summed E-state index contributed by atoms with van der Waals surface area (Å²) in [6.45, 7) is 1.74. The molecule has 0 fully saturated rings. The van der Waals surface area contributed by atoms with E-state index in [9.17, 15) is 13.2 Å². The SMILES string of the molecule is CC(Nc1noc2ncc(C(F)(F)F)cc12)c1ncnn1-c1ncccn1. The van der Waals surface area contributed by atoms with Gasteiger partial charge in [-0.3, -0.25) is 0 Å². The van der Waals surface area contributed by atoms with Crippen LogP contribution < -0.4 is 5.32 Å². The van der Waals surface area contributed by atoms with Gasteiger partial charge in [-0.05, 0) is 19.1 Å². The molecule has 1 N–H and O–H groups in total. The Kier molecular flexibility index (Phi) is 3.94. The van der Waals surface area contributed by atoms with E-state index in [2.05, 4.69) is 35.5 Å². The molecular weight excluding hydrogens is 365 g/mol. The third-order valence-corrected chi connectivity index (χ3v) is 3.71. The summed E-state index contributed by atoms with van der Waals surface area (Å²) in [4.78, 5) is 16.0. The second kappa shape index (κ2) is 6.30. The number of aromatic nitrogens is 7. The van der Waals surface area contributed by atoms with Gasteiger partial charge in [-0.15, -0.1) is 0 Å². The van der Waals surface area contributed by atoms with Crippen molar-refractivity contribution in [2.75, 3.05) is 5.32 Å². The number of nitrogens with one attached hydrogen (secondary N) is 1. The van der Waals surface area contributed by atoms with Gasteiger partial charge in [0.15, 0.2) is 11.6 Å². The van der Waals surface area contributed by atoms with E-state index in [1.165, 1.54) is 11.0 Å². The molecule has 4 aromatic rings. The minimum absolute atomic E-state index is 0.00874. The zero-order chi connectivity index (χ0) is 19.0. The third-order valence-electron chi connectivity index (χ3n) is 3.71. The molecule has 4 rings (SSSR count). The van der Waals surface area contributed by atoms with Crippen molar-refractivity contribution >= 4 is 16.9 Å². The second-order valence-electron chi connectivity index (χ2n) is 5.55. The quantitative estimate of drug-likeness (QED) is 0.579. The highest BCUT2D eigenvalue weighted by Gasteiger charge is 2.32. The van der Waals surface area contributed by atoms with Gasteiger partial charge in [-0.2, -0.15) is 23.0 Å². The summed E-state index contributed by atoms with van der Waals surface area (Å²) >= 11 is 0. The number of anilines is 1. The average Bonchev–Trinajstić information content (AvgIpc) is 3.29. The van der Waals surface area contributed by atoms with Crippen LogP contribution in [-0.2, 0) is 6.18 Å². The predicted octanol–water partition coefficient (Wildman–Crippen LogP) is 2.79. The lowest BCUT2D eigenvalue weighted by Gasteiger charge is -2.13. The maximum absolute atomic E-state index is 12.9. The van der Waals surface area contributed by atoms with Crippen molar-refractivity contribution in [2.24, 2.45) is 0 Å². The maximum Gasteiger partial charge on any atom is 0.417 e. The Morgan fingerprint density at radius 2 is 1.93 bits per heavy atom. The van der Waals surface area contributed by atoms with Gasteiger partial charge in [-0.25, -0.2) is 19.9 Å². The summed E-state index contributed by atoms with van der Waals surface area (Å²) in [5.41, 5.74) is -0.902. The molecule has 0 spiro atoms. The summed E-state index contributed by atoms with van der Waals surface area (Å²) in [5, 5.41) is 10.9. The molecular formula is C15H11F3N8O. The lowest BCUT2D eigenvalue weighted by Crippen LogP contribution is -2.15. The van der Waals surface area contributed by atoms with Crippen LogP contribution in [0.1, 0.15) is 24.4 Å². The molecule has 0 amide bonds. The molecule has 0 saturated carbocycles. The number of hydrogen-bond acceptors (Lipinski definition) is 8. The Morgan fingerprint density at radius 1 is 1.15 bits per heavy atom. The van der Waals surface area contributed by atoms with Gasteiger partial charge >= 0.3 is 6.18 Å². The van der Waals surface area contributed by atoms with Crippen LogP contribution in [0.25, 0.3) is 17.0 Å². The zero-order valence-electron chi connectivity index (χ0n) is 13.7. The van der Waals surface area contributed by atoms with Crippen LogP contribution in [0.4, 0.5) is 19.0 Å². The number of rotatable bonds is 4. The van der Waals surface area contributed by atoms with Crippen molar-refractivity contribution < 1.29 is 17.7 Å². The number of halogens is 3. The molecule has 0 saturated heterocycles. The van der Waals surface area contributed by atoms with Crippen molar-refractivity contribution in [3.05, 3.63) is 48.4 Å². The summed E-state index contributed by atoms with van der Waals surface area (Å²) in [6.07, 6.45) is 0.618. The fourth-order valence-electron chi connectivity index (χ4n) is 2.46. The van der Waals surface area contributed by atoms with E-state index in [0.29, 0.717) is 18.0 Å². The second-order valence-corrected chi connectivity index (χ2v) is 5.55. The minimum atomic E-state index is -4.52. The average molecular weight is 376 g/mol. The Morgan fingerprint density at radius 3 is 2.67 bits per heavy atom. The van der Waals surface area contributed by atoms with Gasteiger partial charge in [0.2, 0.25) is 0 Å². The van der Waals surface area contributed by atoms with E-state index >= 15 is 0 Å². The molecule has 4 heterocycles. The number of pyridine rings is 1. The van der Waals surface area contributed by atoms with E-state index in [4.69, 9.17) is 4.52 Å². The van der Waals surface area contributed by atoms with Crippen molar-refractivity contribution in [3.63, 3.8) is 0 Å². The van der Waals surface area contributed by atoms with Crippen molar-refractivity contribution in [1.29, 1.82) is 0 Å². The molecule has 9 nitrogen and oxygen atoms in total. The lowest BCUT2D eigenvalue weighted by molar-refractivity contribution is -0.137. The van der Waals surface area contributed by atoms with Gasteiger partial charge in [0.25, 0.3) is 11.7 Å². The third kappa shape index (κ3) is 3.16. The number of alkyl halides is 3. The Labute approximate surface area is 149 Å². The fourth-order valence-corrected chi connectivity index (χ4v) is 2.46. The number of fused-ring (bicyclic) bond motifs is 1. The van der Waals surface area contributed by atoms with E-state index in [0.717, 1.165) is 6.07 Å². The highest BCUT2D eigenvalue weighted by molar-refractivity contribution is 5.86. The van der Waals surface area contributed by atoms with Crippen LogP contribution in [0.3, 0.4) is 0 Å². The van der Waals surface area contributed by atoms with E-state index in [1.54, 1.807) is 25.4 Å². The van der Waals surface area contributed by atoms with Gasteiger partial charge < -0.3 is 9.84 Å². The largest absolute Gasteiger partial charge is 0.417 e. The number of nitrogens with zero attached hydrogens (tertiary/aromatic N) is 7. The van der Waals surface area contributed by atoms with Crippen molar-refractivity contribution in [2.45, 2.75) is 19.1 Å². The minimum Gasteiger partial charge on any atom is -0.357 e. The Hall–Kier alpha value is -3.57. The monoisotopic (exact) mass is 376 g/mol. The molecule has 0 aliphatic rings. The molecule has 12 heteroatoms. The zero-order valence-corrected chi connectivity index (χ0v) is 13.7. The van der Waals surface area contributed by atoms with Crippen LogP contribution >= 0.6 is 0 Å². The highest BCUT2D eigenvalue weighted by atomic mass is 19.4. The van der Waals surface area contributed by atoms with Crippen LogP contribution in [0.15, 0.2) is 41.6 Å². The van der Waals surface area contributed by atoms with Gasteiger partial charge in [0.05, 0.1) is 17.0 Å². The van der Waals surface area contributed by atoms with E-state index in [1.807, 2.05) is 0 Å². The first-order valence-electron chi connectivity index (χ1n) is 7.70. The first kappa shape index (κ1) is 16.9. The Balaban J connectivity index is 1.66. The topological polar surface area (TPSA) is 107 Å². The van der Waals surface area contributed by atoms with Gasteiger partial charge in [0, 0.05) is 18.6 Å². The molecule has 1 atom stereocenters. The van der Waals surface area contributed by atoms with Crippen LogP contribution in [0, 0.1) is 0 Å². The fraction of sp³-hybridized carbons (Fsp3) is 0.200. The molecule has 0 radical (unpaired) electrons. The van der Waals surface area contributed by atoms with Crippen molar-refractivity contribution in [1.82, 2.24) is 34.9 Å². The summed E-state index contributed by atoms with van der Waals surface area (Å²) in [7, 11) is 0. The standard InChI is InChI=1S/C15H11F3N8O/c1-8(12-22-7-23-26(12)14-19-3-2-4-20-14)24-11-10-5-9(15(16,17)18)6-21-13(10)27-25-11/h2-8H,1H3,(H,24,25). The molecule has 138 valence electrons. The van der Waals surface area contributed by atoms with E-state index in [-0.39, 0.29) is 16.9 Å². The van der Waals surface area contributed by atoms with Crippen LogP contribution in [0.5, 0.6) is 0 Å². The van der Waals surface area contributed by atoms with Crippen LogP contribution in [-0.4, -0.2) is 34.9 Å². The summed E-state index contributed by atoms with van der Waals surface area (Å²) in [6, 6.07) is 2.10. The molecule has 27 heavy (non-hydrogen) atoms.